The highest BCUT2D eigenvalue weighted by Gasteiger charge is 2.11. The molecule has 90 valence electrons. The molecule has 0 amide bonds. The SMILES string of the molecule is Cn1ccc(CC(O)c2ccc(Cl)c(Cl)c2)n1. The molecule has 2 aromatic rings. The first-order valence-corrected chi connectivity index (χ1v) is 5.93. The molecule has 0 aliphatic carbocycles. The van der Waals surface area contributed by atoms with Crippen molar-refractivity contribution in [2.24, 2.45) is 7.05 Å². The van der Waals surface area contributed by atoms with E-state index in [1.54, 1.807) is 22.9 Å². The Kier molecular flexibility index (Phi) is 3.72. The second kappa shape index (κ2) is 5.08. The molecule has 0 spiro atoms. The molecular weight excluding hydrogens is 259 g/mol. The zero-order valence-corrected chi connectivity index (χ0v) is 10.8. The van der Waals surface area contributed by atoms with Gasteiger partial charge in [-0.1, -0.05) is 29.3 Å². The number of benzene rings is 1. The zero-order valence-electron chi connectivity index (χ0n) is 9.27. The van der Waals surface area contributed by atoms with Crippen LogP contribution in [0.1, 0.15) is 17.4 Å². The molecule has 0 aliphatic heterocycles. The number of aromatic nitrogens is 2. The van der Waals surface area contributed by atoms with Crippen molar-refractivity contribution in [1.29, 1.82) is 0 Å². The summed E-state index contributed by atoms with van der Waals surface area (Å²) >= 11 is 11.7. The van der Waals surface area contributed by atoms with Crippen molar-refractivity contribution in [3.05, 3.63) is 51.8 Å². The Morgan fingerprint density at radius 3 is 2.65 bits per heavy atom. The molecule has 0 aliphatic rings. The van der Waals surface area contributed by atoms with Gasteiger partial charge in [0.25, 0.3) is 0 Å². The Labute approximate surface area is 110 Å². The average molecular weight is 271 g/mol. The summed E-state index contributed by atoms with van der Waals surface area (Å²) in [6, 6.07) is 7.00. The van der Waals surface area contributed by atoms with Crippen molar-refractivity contribution >= 4 is 23.2 Å². The van der Waals surface area contributed by atoms with E-state index in [1.807, 2.05) is 19.3 Å². The number of hydrogen-bond donors (Lipinski definition) is 1. The zero-order chi connectivity index (χ0) is 12.4. The minimum Gasteiger partial charge on any atom is -0.388 e. The van der Waals surface area contributed by atoms with Gasteiger partial charge in [0, 0.05) is 19.7 Å². The van der Waals surface area contributed by atoms with E-state index in [0.29, 0.717) is 16.5 Å². The predicted molar refractivity (Wildman–Crippen MR) is 68.3 cm³/mol. The van der Waals surface area contributed by atoms with E-state index in [9.17, 15) is 5.11 Å². The second-order valence-electron chi connectivity index (χ2n) is 3.87. The van der Waals surface area contributed by atoms with E-state index in [4.69, 9.17) is 23.2 Å². The van der Waals surface area contributed by atoms with Gasteiger partial charge in [-0.15, -0.1) is 0 Å². The van der Waals surface area contributed by atoms with Crippen LogP contribution < -0.4 is 0 Å². The summed E-state index contributed by atoms with van der Waals surface area (Å²) in [5, 5.41) is 15.2. The van der Waals surface area contributed by atoms with E-state index in [1.165, 1.54) is 0 Å². The summed E-state index contributed by atoms with van der Waals surface area (Å²) in [7, 11) is 1.84. The molecule has 1 aromatic carbocycles. The molecular formula is C12H12Cl2N2O. The van der Waals surface area contributed by atoms with Crippen molar-refractivity contribution in [1.82, 2.24) is 9.78 Å². The van der Waals surface area contributed by atoms with Crippen LogP contribution in [0, 0.1) is 0 Å². The van der Waals surface area contributed by atoms with Gasteiger partial charge in [0.15, 0.2) is 0 Å². The molecule has 0 bridgehead atoms. The van der Waals surface area contributed by atoms with Crippen molar-refractivity contribution in [3.63, 3.8) is 0 Å². The average Bonchev–Trinajstić information content (AvgIpc) is 2.68. The number of aryl methyl sites for hydroxylation is 1. The highest BCUT2D eigenvalue weighted by atomic mass is 35.5. The number of hydrogen-bond acceptors (Lipinski definition) is 2. The molecule has 2 rings (SSSR count). The second-order valence-corrected chi connectivity index (χ2v) is 4.69. The topological polar surface area (TPSA) is 38.0 Å². The third kappa shape index (κ3) is 3.00. The van der Waals surface area contributed by atoms with E-state index in [2.05, 4.69) is 5.10 Å². The Balaban J connectivity index is 2.14. The van der Waals surface area contributed by atoms with Crippen LogP contribution in [0.15, 0.2) is 30.5 Å². The largest absolute Gasteiger partial charge is 0.388 e. The fourth-order valence-electron chi connectivity index (χ4n) is 1.61. The van der Waals surface area contributed by atoms with Gasteiger partial charge in [-0.3, -0.25) is 4.68 Å². The molecule has 1 atom stereocenters. The number of rotatable bonds is 3. The van der Waals surface area contributed by atoms with Crippen molar-refractivity contribution in [2.45, 2.75) is 12.5 Å². The molecule has 1 heterocycles. The van der Waals surface area contributed by atoms with Crippen molar-refractivity contribution in [3.8, 4) is 0 Å². The van der Waals surface area contributed by atoms with Crippen molar-refractivity contribution in [2.75, 3.05) is 0 Å². The number of nitrogens with zero attached hydrogens (tertiary/aromatic N) is 2. The lowest BCUT2D eigenvalue weighted by atomic mass is 10.1. The lowest BCUT2D eigenvalue weighted by Crippen LogP contribution is -2.03. The Hall–Kier alpha value is -1.03. The van der Waals surface area contributed by atoms with Crippen LogP contribution in [0.25, 0.3) is 0 Å². The number of aliphatic hydroxyl groups is 1. The molecule has 17 heavy (non-hydrogen) atoms. The first-order valence-electron chi connectivity index (χ1n) is 5.18. The summed E-state index contributed by atoms with van der Waals surface area (Å²) in [4.78, 5) is 0. The van der Waals surface area contributed by atoms with E-state index in [-0.39, 0.29) is 0 Å². The van der Waals surface area contributed by atoms with Gasteiger partial charge in [0.2, 0.25) is 0 Å². The van der Waals surface area contributed by atoms with Gasteiger partial charge in [0.1, 0.15) is 0 Å². The van der Waals surface area contributed by atoms with Gasteiger partial charge in [-0.2, -0.15) is 5.10 Å². The first-order chi connectivity index (χ1) is 8.06. The number of halogens is 2. The summed E-state index contributed by atoms with van der Waals surface area (Å²) in [6.07, 6.45) is 1.68. The highest BCUT2D eigenvalue weighted by molar-refractivity contribution is 6.42. The quantitative estimate of drug-likeness (QED) is 0.931. The van der Waals surface area contributed by atoms with Gasteiger partial charge in [-0.25, -0.2) is 0 Å². The van der Waals surface area contributed by atoms with Gasteiger partial charge < -0.3 is 5.11 Å². The van der Waals surface area contributed by atoms with Crippen LogP contribution >= 0.6 is 23.2 Å². The molecule has 5 heteroatoms. The van der Waals surface area contributed by atoms with Gasteiger partial charge in [0.05, 0.1) is 21.8 Å². The monoisotopic (exact) mass is 270 g/mol. The third-order valence-corrected chi connectivity index (χ3v) is 3.24. The maximum atomic E-state index is 10.0. The third-order valence-electron chi connectivity index (χ3n) is 2.50. The smallest absolute Gasteiger partial charge is 0.0846 e. The van der Waals surface area contributed by atoms with Crippen LogP contribution in [0.2, 0.25) is 10.0 Å². The number of aliphatic hydroxyl groups excluding tert-OH is 1. The summed E-state index contributed by atoms with van der Waals surface area (Å²) < 4.78 is 1.71. The Bertz CT molecular complexity index is 525. The fourth-order valence-corrected chi connectivity index (χ4v) is 1.91. The molecule has 0 saturated carbocycles. The Morgan fingerprint density at radius 2 is 2.06 bits per heavy atom. The molecule has 0 radical (unpaired) electrons. The standard InChI is InChI=1S/C12H12Cl2N2O/c1-16-5-4-9(15-16)7-12(17)8-2-3-10(13)11(14)6-8/h2-6,12,17H,7H2,1H3. The lowest BCUT2D eigenvalue weighted by molar-refractivity contribution is 0.177. The van der Waals surface area contributed by atoms with Crippen LogP contribution in [0.4, 0.5) is 0 Å². The maximum Gasteiger partial charge on any atom is 0.0846 e. The van der Waals surface area contributed by atoms with E-state index < -0.39 is 6.10 Å². The molecule has 3 nitrogen and oxygen atoms in total. The fraction of sp³-hybridized carbons (Fsp3) is 0.250. The van der Waals surface area contributed by atoms with Crippen LogP contribution in [0.3, 0.4) is 0 Å². The van der Waals surface area contributed by atoms with Crippen LogP contribution in [-0.4, -0.2) is 14.9 Å². The van der Waals surface area contributed by atoms with E-state index >= 15 is 0 Å². The Morgan fingerprint density at radius 1 is 1.29 bits per heavy atom. The predicted octanol–water partition coefficient (Wildman–Crippen LogP) is 3.00. The van der Waals surface area contributed by atoms with E-state index in [0.717, 1.165) is 11.3 Å². The first kappa shape index (κ1) is 12.4. The summed E-state index contributed by atoms with van der Waals surface area (Å²) in [5.41, 5.74) is 1.58. The minimum atomic E-state index is -0.625. The minimum absolute atomic E-state index is 0.448. The molecule has 0 fully saturated rings. The van der Waals surface area contributed by atoms with Crippen LogP contribution in [-0.2, 0) is 13.5 Å². The summed E-state index contributed by atoms with van der Waals surface area (Å²) in [6.45, 7) is 0. The van der Waals surface area contributed by atoms with Crippen LogP contribution in [0.5, 0.6) is 0 Å². The molecule has 1 N–H and O–H groups in total. The van der Waals surface area contributed by atoms with Gasteiger partial charge in [-0.05, 0) is 23.8 Å². The lowest BCUT2D eigenvalue weighted by Gasteiger charge is -2.10. The molecule has 0 saturated heterocycles. The summed E-state index contributed by atoms with van der Waals surface area (Å²) in [5.74, 6) is 0. The normalized spacial score (nSPS) is 12.7. The molecule has 1 aromatic heterocycles. The maximum absolute atomic E-state index is 10.0. The van der Waals surface area contributed by atoms with Gasteiger partial charge >= 0.3 is 0 Å². The van der Waals surface area contributed by atoms with Crippen molar-refractivity contribution < 1.29 is 5.11 Å². The molecule has 1 unspecified atom stereocenters. The highest BCUT2D eigenvalue weighted by Crippen LogP contribution is 2.26.